The second kappa shape index (κ2) is 4.90. The third kappa shape index (κ3) is 2.00. The molecule has 3 aromatic rings. The van der Waals surface area contributed by atoms with Crippen molar-refractivity contribution in [1.29, 1.82) is 0 Å². The molecule has 1 atom stereocenters. The number of para-hydroxylation sites is 1. The summed E-state index contributed by atoms with van der Waals surface area (Å²) in [6.45, 7) is 1.91. The van der Waals surface area contributed by atoms with Crippen molar-refractivity contribution in [1.82, 2.24) is 9.97 Å². The highest BCUT2D eigenvalue weighted by Crippen LogP contribution is 2.31. The van der Waals surface area contributed by atoms with Crippen LogP contribution in [-0.4, -0.2) is 15.1 Å². The average molecular weight is 265 g/mol. The molecule has 2 heterocycles. The van der Waals surface area contributed by atoms with Crippen LogP contribution < -0.4 is 5.73 Å². The lowest BCUT2D eigenvalue weighted by molar-refractivity contribution is 0.221. The molecule has 1 unspecified atom stereocenters. The Balaban J connectivity index is 2.21. The molecule has 0 radical (unpaired) electrons. The van der Waals surface area contributed by atoms with Gasteiger partial charge in [-0.2, -0.15) is 0 Å². The number of benzene rings is 1. The van der Waals surface area contributed by atoms with Crippen molar-refractivity contribution in [3.8, 4) is 0 Å². The highest BCUT2D eigenvalue weighted by atomic mass is 16.3. The molecule has 2 aromatic heterocycles. The normalized spacial score (nSPS) is 12.5. The predicted octanol–water partition coefficient (Wildman–Crippen LogP) is 2.60. The number of nitrogens with zero attached hydrogens (tertiary/aromatic N) is 2. The SMILES string of the molecule is Cc1ccnc(N)c1C(O)c1cccc2cccnc12. The predicted molar refractivity (Wildman–Crippen MR) is 79.2 cm³/mol. The topological polar surface area (TPSA) is 72.0 Å². The smallest absolute Gasteiger partial charge is 0.129 e. The van der Waals surface area contributed by atoms with Gasteiger partial charge in [0.15, 0.2) is 0 Å². The summed E-state index contributed by atoms with van der Waals surface area (Å²) in [6, 6.07) is 11.4. The van der Waals surface area contributed by atoms with Crippen LogP contribution >= 0.6 is 0 Å². The van der Waals surface area contributed by atoms with E-state index < -0.39 is 6.10 Å². The van der Waals surface area contributed by atoms with Crippen LogP contribution in [0, 0.1) is 6.92 Å². The first-order chi connectivity index (χ1) is 9.68. The Bertz CT molecular complexity index is 745. The number of aliphatic hydroxyl groups is 1. The van der Waals surface area contributed by atoms with Crippen LogP contribution in [0.3, 0.4) is 0 Å². The number of fused-ring (bicyclic) bond motifs is 1. The first-order valence-corrected chi connectivity index (χ1v) is 6.41. The molecule has 3 N–H and O–H groups in total. The Labute approximate surface area is 116 Å². The third-order valence-corrected chi connectivity index (χ3v) is 3.47. The van der Waals surface area contributed by atoms with Gasteiger partial charge in [-0.3, -0.25) is 4.98 Å². The lowest BCUT2D eigenvalue weighted by Gasteiger charge is -2.17. The fourth-order valence-corrected chi connectivity index (χ4v) is 2.45. The molecule has 0 saturated carbocycles. The number of nitrogens with two attached hydrogens (primary N) is 1. The van der Waals surface area contributed by atoms with E-state index in [9.17, 15) is 5.11 Å². The molecule has 0 aliphatic rings. The number of anilines is 1. The molecular formula is C16H15N3O. The zero-order valence-corrected chi connectivity index (χ0v) is 11.1. The van der Waals surface area contributed by atoms with Gasteiger partial charge in [0, 0.05) is 28.9 Å². The molecule has 20 heavy (non-hydrogen) atoms. The van der Waals surface area contributed by atoms with E-state index in [1.807, 2.05) is 43.3 Å². The zero-order chi connectivity index (χ0) is 14.1. The maximum atomic E-state index is 10.7. The van der Waals surface area contributed by atoms with E-state index in [0.29, 0.717) is 11.4 Å². The number of hydrogen-bond donors (Lipinski definition) is 2. The summed E-state index contributed by atoms with van der Waals surface area (Å²) in [5, 5.41) is 11.7. The highest BCUT2D eigenvalue weighted by molar-refractivity contribution is 5.82. The molecule has 0 amide bonds. The van der Waals surface area contributed by atoms with Crippen molar-refractivity contribution in [2.75, 3.05) is 5.73 Å². The summed E-state index contributed by atoms with van der Waals surface area (Å²) in [7, 11) is 0. The van der Waals surface area contributed by atoms with Crippen LogP contribution in [0.5, 0.6) is 0 Å². The second-order valence-corrected chi connectivity index (χ2v) is 4.75. The Morgan fingerprint density at radius 3 is 2.65 bits per heavy atom. The van der Waals surface area contributed by atoms with E-state index >= 15 is 0 Å². The number of aromatic nitrogens is 2. The van der Waals surface area contributed by atoms with E-state index in [-0.39, 0.29) is 0 Å². The molecule has 4 nitrogen and oxygen atoms in total. The molecule has 0 aliphatic heterocycles. The largest absolute Gasteiger partial charge is 0.383 e. The van der Waals surface area contributed by atoms with Crippen LogP contribution in [0.2, 0.25) is 0 Å². The highest BCUT2D eigenvalue weighted by Gasteiger charge is 2.19. The molecule has 100 valence electrons. The lowest BCUT2D eigenvalue weighted by Crippen LogP contribution is -2.08. The number of rotatable bonds is 2. The van der Waals surface area contributed by atoms with Gasteiger partial charge in [-0.15, -0.1) is 0 Å². The van der Waals surface area contributed by atoms with Gasteiger partial charge < -0.3 is 10.8 Å². The second-order valence-electron chi connectivity index (χ2n) is 4.75. The molecule has 0 aliphatic carbocycles. The van der Waals surface area contributed by atoms with Crippen molar-refractivity contribution >= 4 is 16.7 Å². The van der Waals surface area contributed by atoms with Crippen LogP contribution in [0.1, 0.15) is 22.8 Å². The van der Waals surface area contributed by atoms with Crippen LogP contribution in [0.25, 0.3) is 10.9 Å². The third-order valence-electron chi connectivity index (χ3n) is 3.47. The van der Waals surface area contributed by atoms with Crippen molar-refractivity contribution in [2.24, 2.45) is 0 Å². The van der Waals surface area contributed by atoms with Crippen molar-refractivity contribution in [3.63, 3.8) is 0 Å². The Morgan fingerprint density at radius 2 is 1.85 bits per heavy atom. The number of nitrogen functional groups attached to an aromatic ring is 1. The van der Waals surface area contributed by atoms with E-state index in [0.717, 1.165) is 22.0 Å². The van der Waals surface area contributed by atoms with Gasteiger partial charge in [0.2, 0.25) is 0 Å². The van der Waals surface area contributed by atoms with Crippen LogP contribution in [0.4, 0.5) is 5.82 Å². The van der Waals surface area contributed by atoms with Gasteiger partial charge in [0.25, 0.3) is 0 Å². The molecular weight excluding hydrogens is 250 g/mol. The zero-order valence-electron chi connectivity index (χ0n) is 11.1. The Hall–Kier alpha value is -2.46. The summed E-state index contributed by atoms with van der Waals surface area (Å²) >= 11 is 0. The quantitative estimate of drug-likeness (QED) is 0.747. The fraction of sp³-hybridized carbons (Fsp3) is 0.125. The van der Waals surface area contributed by atoms with Crippen molar-refractivity contribution < 1.29 is 5.11 Å². The first kappa shape index (κ1) is 12.6. The van der Waals surface area contributed by atoms with Gasteiger partial charge in [0.1, 0.15) is 11.9 Å². The molecule has 0 saturated heterocycles. The monoisotopic (exact) mass is 265 g/mol. The minimum Gasteiger partial charge on any atom is -0.383 e. The maximum absolute atomic E-state index is 10.7. The molecule has 1 aromatic carbocycles. The first-order valence-electron chi connectivity index (χ1n) is 6.41. The van der Waals surface area contributed by atoms with E-state index in [2.05, 4.69) is 9.97 Å². The number of aliphatic hydroxyl groups excluding tert-OH is 1. The van der Waals surface area contributed by atoms with Crippen molar-refractivity contribution in [3.05, 3.63) is 65.5 Å². The maximum Gasteiger partial charge on any atom is 0.129 e. The minimum atomic E-state index is -0.831. The lowest BCUT2D eigenvalue weighted by atomic mass is 9.96. The standard InChI is InChI=1S/C16H15N3O/c1-10-7-9-19-16(17)13(10)15(20)12-6-2-4-11-5-3-8-18-14(11)12/h2-9,15,20H,1H3,(H2,17,19). The van der Waals surface area contributed by atoms with Gasteiger partial charge in [-0.25, -0.2) is 4.98 Å². The summed E-state index contributed by atoms with van der Waals surface area (Å²) < 4.78 is 0. The van der Waals surface area contributed by atoms with Gasteiger partial charge in [-0.1, -0.05) is 24.3 Å². The molecule has 0 bridgehead atoms. The van der Waals surface area contributed by atoms with Gasteiger partial charge >= 0.3 is 0 Å². The van der Waals surface area contributed by atoms with Gasteiger partial charge in [0.05, 0.1) is 5.52 Å². The number of aryl methyl sites for hydroxylation is 1. The van der Waals surface area contributed by atoms with E-state index in [4.69, 9.17) is 5.73 Å². The number of hydrogen-bond acceptors (Lipinski definition) is 4. The number of pyridine rings is 2. The molecule has 4 heteroatoms. The Kier molecular flexibility index (Phi) is 3.08. The van der Waals surface area contributed by atoms with Crippen LogP contribution in [-0.2, 0) is 0 Å². The average Bonchev–Trinajstić information content (AvgIpc) is 2.46. The molecule has 0 spiro atoms. The fourth-order valence-electron chi connectivity index (χ4n) is 2.45. The van der Waals surface area contributed by atoms with Crippen molar-refractivity contribution in [2.45, 2.75) is 13.0 Å². The van der Waals surface area contributed by atoms with Gasteiger partial charge in [-0.05, 0) is 24.6 Å². The summed E-state index contributed by atoms with van der Waals surface area (Å²) in [5.41, 5.74) is 9.00. The van der Waals surface area contributed by atoms with E-state index in [1.165, 1.54) is 0 Å². The molecule has 3 rings (SSSR count). The molecule has 0 fully saturated rings. The Morgan fingerprint density at radius 1 is 1.05 bits per heavy atom. The minimum absolute atomic E-state index is 0.352. The summed E-state index contributed by atoms with van der Waals surface area (Å²) in [6.07, 6.45) is 2.53. The summed E-state index contributed by atoms with van der Waals surface area (Å²) in [4.78, 5) is 8.43. The van der Waals surface area contributed by atoms with E-state index in [1.54, 1.807) is 12.4 Å². The van der Waals surface area contributed by atoms with Crippen LogP contribution in [0.15, 0.2) is 48.8 Å². The summed E-state index contributed by atoms with van der Waals surface area (Å²) in [5.74, 6) is 0.352.